The van der Waals surface area contributed by atoms with E-state index in [0.717, 1.165) is 16.0 Å². The Hall–Kier alpha value is -3.32. The van der Waals surface area contributed by atoms with E-state index in [2.05, 4.69) is 28.2 Å². The second-order valence-corrected chi connectivity index (χ2v) is 6.81. The number of anilines is 1. The maximum atomic E-state index is 12.4. The van der Waals surface area contributed by atoms with E-state index in [1.807, 2.05) is 36.4 Å². The Morgan fingerprint density at radius 3 is 2.41 bits per heavy atom. The molecule has 2 amide bonds. The fourth-order valence-corrected chi connectivity index (χ4v) is 2.83. The van der Waals surface area contributed by atoms with Crippen LogP contribution in [-0.4, -0.2) is 24.6 Å². The molecule has 7 heteroatoms. The van der Waals surface area contributed by atoms with Crippen LogP contribution in [0.2, 0.25) is 0 Å². The minimum absolute atomic E-state index is 0.312. The van der Waals surface area contributed by atoms with Gasteiger partial charge in [0.15, 0.2) is 0 Å². The Morgan fingerprint density at radius 1 is 1.03 bits per heavy atom. The SMILES string of the molecule is [B]c1ccc(NC(=O)/C(C)=C\NC(=O)c2ccc(-c3ccccc3S)cc2)nc1. The zero-order chi connectivity index (χ0) is 20.8. The maximum absolute atomic E-state index is 12.4. The third-order valence-electron chi connectivity index (χ3n) is 4.17. The fraction of sp³-hybridized carbons (Fsp3) is 0.0455. The number of rotatable bonds is 5. The van der Waals surface area contributed by atoms with Gasteiger partial charge in [-0.1, -0.05) is 41.9 Å². The molecular formula is C22H18BN3O2S. The van der Waals surface area contributed by atoms with Crippen LogP contribution in [0, 0.1) is 0 Å². The first-order valence-electron chi connectivity index (χ1n) is 8.83. The smallest absolute Gasteiger partial charge is 0.255 e. The van der Waals surface area contributed by atoms with E-state index in [4.69, 9.17) is 7.85 Å². The Labute approximate surface area is 176 Å². The number of nitrogens with zero attached hydrogens (tertiary/aromatic N) is 1. The molecule has 2 N–H and O–H groups in total. The summed E-state index contributed by atoms with van der Waals surface area (Å²) >= 11 is 4.46. The maximum Gasteiger partial charge on any atom is 0.255 e. The lowest BCUT2D eigenvalue weighted by atomic mass is 9.99. The summed E-state index contributed by atoms with van der Waals surface area (Å²) in [5, 5.41) is 5.26. The normalized spacial score (nSPS) is 11.0. The first kappa shape index (κ1) is 20.4. The number of hydrogen-bond donors (Lipinski definition) is 3. The van der Waals surface area contributed by atoms with Crippen LogP contribution in [0.25, 0.3) is 11.1 Å². The topological polar surface area (TPSA) is 71.1 Å². The molecule has 0 unspecified atom stereocenters. The molecule has 142 valence electrons. The highest BCUT2D eigenvalue weighted by atomic mass is 32.1. The van der Waals surface area contributed by atoms with Crippen LogP contribution in [0.3, 0.4) is 0 Å². The zero-order valence-corrected chi connectivity index (χ0v) is 16.6. The van der Waals surface area contributed by atoms with Crippen molar-refractivity contribution in [3.05, 3.63) is 84.2 Å². The average Bonchev–Trinajstić information content (AvgIpc) is 2.74. The Balaban J connectivity index is 1.62. The lowest BCUT2D eigenvalue weighted by molar-refractivity contribution is -0.112. The van der Waals surface area contributed by atoms with Gasteiger partial charge < -0.3 is 10.6 Å². The average molecular weight is 399 g/mol. The molecule has 0 aliphatic heterocycles. The Kier molecular flexibility index (Phi) is 6.52. The molecule has 0 bridgehead atoms. The molecule has 0 atom stereocenters. The van der Waals surface area contributed by atoms with Gasteiger partial charge in [-0.2, -0.15) is 0 Å². The Bertz CT molecular complexity index is 1060. The van der Waals surface area contributed by atoms with Crippen molar-refractivity contribution < 1.29 is 9.59 Å². The van der Waals surface area contributed by atoms with Gasteiger partial charge in [0, 0.05) is 28.4 Å². The molecule has 0 aliphatic carbocycles. The second kappa shape index (κ2) is 9.25. The summed E-state index contributed by atoms with van der Waals surface area (Å²) in [7, 11) is 5.57. The van der Waals surface area contributed by atoms with Gasteiger partial charge in [0.1, 0.15) is 13.7 Å². The standard InChI is InChI=1S/C22H18BN3O2S/c1-14(21(27)26-20-11-10-17(23)13-24-20)12-25-22(28)16-8-6-15(7-9-16)18-4-2-3-5-19(18)29/h2-13,29H,1H3,(H,25,28)(H,24,26,27)/b14-12-. The van der Waals surface area contributed by atoms with Crippen LogP contribution in [0.1, 0.15) is 17.3 Å². The van der Waals surface area contributed by atoms with Gasteiger partial charge in [0.25, 0.3) is 11.8 Å². The molecule has 1 aromatic heterocycles. The van der Waals surface area contributed by atoms with Gasteiger partial charge >= 0.3 is 0 Å². The second-order valence-electron chi connectivity index (χ2n) is 6.33. The summed E-state index contributed by atoms with van der Waals surface area (Å²) in [6, 6.07) is 18.2. The highest BCUT2D eigenvalue weighted by Crippen LogP contribution is 2.26. The quantitative estimate of drug-likeness (QED) is 0.351. The molecular weight excluding hydrogens is 381 g/mol. The number of pyridine rings is 1. The number of hydrogen-bond acceptors (Lipinski definition) is 4. The van der Waals surface area contributed by atoms with Crippen LogP contribution in [0.4, 0.5) is 5.82 Å². The van der Waals surface area contributed by atoms with Crippen LogP contribution in [0.15, 0.2) is 83.5 Å². The van der Waals surface area contributed by atoms with E-state index >= 15 is 0 Å². The fourth-order valence-electron chi connectivity index (χ4n) is 2.54. The van der Waals surface area contributed by atoms with Crippen molar-refractivity contribution in [2.75, 3.05) is 5.32 Å². The van der Waals surface area contributed by atoms with Gasteiger partial charge in [0.05, 0.1) is 0 Å². The van der Waals surface area contributed by atoms with E-state index in [9.17, 15) is 9.59 Å². The molecule has 3 rings (SSSR count). The number of amides is 2. The van der Waals surface area contributed by atoms with Crippen LogP contribution in [0.5, 0.6) is 0 Å². The molecule has 2 radical (unpaired) electrons. The molecule has 3 aromatic rings. The summed E-state index contributed by atoms with van der Waals surface area (Å²) in [6.07, 6.45) is 2.82. The summed E-state index contributed by atoms with van der Waals surface area (Å²) in [5.74, 6) is -0.305. The predicted octanol–water partition coefficient (Wildman–Crippen LogP) is 3.10. The highest BCUT2D eigenvalue weighted by molar-refractivity contribution is 7.80. The lowest BCUT2D eigenvalue weighted by Gasteiger charge is -2.07. The third kappa shape index (κ3) is 5.36. The molecule has 2 aromatic carbocycles. The van der Waals surface area contributed by atoms with Crippen molar-refractivity contribution in [2.24, 2.45) is 0 Å². The van der Waals surface area contributed by atoms with E-state index < -0.39 is 0 Å². The van der Waals surface area contributed by atoms with Gasteiger partial charge in [0.2, 0.25) is 0 Å². The molecule has 0 spiro atoms. The number of nitrogens with one attached hydrogen (secondary N) is 2. The largest absolute Gasteiger partial charge is 0.328 e. The van der Waals surface area contributed by atoms with Gasteiger partial charge in [-0.05, 0) is 42.3 Å². The number of carbonyl (C=O) groups excluding carboxylic acids is 2. The van der Waals surface area contributed by atoms with Crippen LogP contribution >= 0.6 is 12.6 Å². The molecule has 29 heavy (non-hydrogen) atoms. The van der Waals surface area contributed by atoms with Crippen molar-refractivity contribution in [3.8, 4) is 11.1 Å². The monoisotopic (exact) mass is 399 g/mol. The van der Waals surface area contributed by atoms with Crippen LogP contribution < -0.4 is 16.1 Å². The van der Waals surface area contributed by atoms with Crippen molar-refractivity contribution in [2.45, 2.75) is 11.8 Å². The molecule has 1 heterocycles. The first-order valence-corrected chi connectivity index (χ1v) is 9.27. The highest BCUT2D eigenvalue weighted by Gasteiger charge is 2.09. The predicted molar refractivity (Wildman–Crippen MR) is 119 cm³/mol. The van der Waals surface area contributed by atoms with E-state index in [1.54, 1.807) is 31.2 Å². The van der Waals surface area contributed by atoms with E-state index in [1.165, 1.54) is 12.4 Å². The van der Waals surface area contributed by atoms with E-state index in [-0.39, 0.29) is 11.8 Å². The minimum atomic E-state index is -0.372. The van der Waals surface area contributed by atoms with E-state index in [0.29, 0.717) is 22.4 Å². The van der Waals surface area contributed by atoms with Gasteiger partial charge in [-0.3, -0.25) is 9.59 Å². The number of thiol groups is 1. The Morgan fingerprint density at radius 2 is 1.76 bits per heavy atom. The summed E-state index contributed by atoms with van der Waals surface area (Å²) in [6.45, 7) is 1.60. The molecule has 5 nitrogen and oxygen atoms in total. The zero-order valence-electron chi connectivity index (χ0n) is 15.7. The number of carbonyl (C=O) groups is 2. The van der Waals surface area contributed by atoms with Crippen molar-refractivity contribution >= 4 is 43.6 Å². The van der Waals surface area contributed by atoms with Crippen molar-refractivity contribution in [1.29, 1.82) is 0 Å². The molecule has 0 saturated carbocycles. The van der Waals surface area contributed by atoms with Gasteiger partial charge in [-0.25, -0.2) is 4.98 Å². The summed E-state index contributed by atoms with van der Waals surface area (Å²) in [4.78, 5) is 29.4. The van der Waals surface area contributed by atoms with Crippen molar-refractivity contribution in [3.63, 3.8) is 0 Å². The lowest BCUT2D eigenvalue weighted by Crippen LogP contribution is -2.21. The first-order chi connectivity index (χ1) is 13.9. The number of benzene rings is 2. The molecule has 0 aliphatic rings. The minimum Gasteiger partial charge on any atom is -0.328 e. The molecule has 0 fully saturated rings. The van der Waals surface area contributed by atoms with Crippen molar-refractivity contribution in [1.82, 2.24) is 10.3 Å². The summed E-state index contributed by atoms with van der Waals surface area (Å²) in [5.41, 5.74) is 3.28. The summed E-state index contributed by atoms with van der Waals surface area (Å²) < 4.78 is 0. The molecule has 0 saturated heterocycles. The van der Waals surface area contributed by atoms with Gasteiger partial charge in [-0.15, -0.1) is 12.6 Å². The third-order valence-corrected chi connectivity index (χ3v) is 4.56. The van der Waals surface area contributed by atoms with Crippen LogP contribution in [-0.2, 0) is 4.79 Å². The number of aromatic nitrogens is 1.